The fourth-order valence-electron chi connectivity index (χ4n) is 2.99. The zero-order valence-corrected chi connectivity index (χ0v) is 14.8. The quantitative estimate of drug-likeness (QED) is 0.887. The molecule has 5 heteroatoms. The maximum atomic E-state index is 12.5. The van der Waals surface area contributed by atoms with E-state index in [1.165, 1.54) is 16.0 Å². The Labute approximate surface area is 145 Å². The molecule has 1 saturated heterocycles. The molecule has 3 rings (SSSR count). The van der Waals surface area contributed by atoms with Crippen LogP contribution in [0.15, 0.2) is 47.2 Å². The third-order valence-electron chi connectivity index (χ3n) is 4.41. The van der Waals surface area contributed by atoms with E-state index in [9.17, 15) is 4.79 Å². The second-order valence-corrected chi connectivity index (χ2v) is 6.95. The second-order valence-electron chi connectivity index (χ2n) is 6.04. The Hall–Kier alpha value is -1.72. The molecule has 0 atom stereocenters. The summed E-state index contributed by atoms with van der Waals surface area (Å²) in [7, 11) is 0. The van der Waals surface area contributed by atoms with Crippen molar-refractivity contribution in [2.45, 2.75) is 13.5 Å². The molecule has 1 fully saturated rings. The van der Waals surface area contributed by atoms with Gasteiger partial charge in [-0.05, 0) is 34.5 Å². The number of hydrogen-bond acceptors (Lipinski definition) is 2. The van der Waals surface area contributed by atoms with Crippen LogP contribution < -0.4 is 4.90 Å². The maximum Gasteiger partial charge on any atom is 0.255 e. The first-order valence-corrected chi connectivity index (χ1v) is 8.70. The molecule has 1 aromatic carbocycles. The molecule has 4 nitrogen and oxygen atoms in total. The van der Waals surface area contributed by atoms with Crippen molar-refractivity contribution < 1.29 is 9.69 Å². The van der Waals surface area contributed by atoms with E-state index >= 15 is 0 Å². The number of hydrogen-bond donors (Lipinski definition) is 1. The van der Waals surface area contributed by atoms with Gasteiger partial charge in [-0.15, -0.1) is 0 Å². The number of pyridine rings is 1. The number of nitrogens with one attached hydrogen (secondary N) is 1. The van der Waals surface area contributed by atoms with Gasteiger partial charge in [-0.3, -0.25) is 9.78 Å². The van der Waals surface area contributed by atoms with E-state index in [2.05, 4.69) is 52.1 Å². The molecule has 1 aliphatic rings. The Morgan fingerprint density at radius 3 is 2.70 bits per heavy atom. The molecule has 0 bridgehead atoms. The Morgan fingerprint density at radius 2 is 2.00 bits per heavy atom. The summed E-state index contributed by atoms with van der Waals surface area (Å²) in [5.74, 6) is 0.0775. The van der Waals surface area contributed by atoms with Gasteiger partial charge in [-0.2, -0.15) is 0 Å². The molecule has 0 spiro atoms. The van der Waals surface area contributed by atoms with Gasteiger partial charge in [0.25, 0.3) is 5.91 Å². The Kier molecular flexibility index (Phi) is 5.08. The molecular weight excluding hydrogens is 354 g/mol. The fourth-order valence-corrected chi connectivity index (χ4v) is 3.36. The molecule has 120 valence electrons. The molecule has 1 N–H and O–H groups in total. The van der Waals surface area contributed by atoms with Crippen LogP contribution in [0.1, 0.15) is 21.5 Å². The van der Waals surface area contributed by atoms with Crippen LogP contribution in [0.2, 0.25) is 0 Å². The molecular formula is C18H21BrN3O+. The minimum Gasteiger partial charge on any atom is -0.328 e. The maximum absolute atomic E-state index is 12.5. The Morgan fingerprint density at radius 1 is 1.26 bits per heavy atom. The smallest absolute Gasteiger partial charge is 0.255 e. The third-order valence-corrected chi connectivity index (χ3v) is 4.84. The van der Waals surface area contributed by atoms with Crippen LogP contribution in [0, 0.1) is 6.92 Å². The van der Waals surface area contributed by atoms with E-state index in [0.29, 0.717) is 5.56 Å². The van der Waals surface area contributed by atoms with Crippen molar-refractivity contribution >= 4 is 21.8 Å². The zero-order valence-electron chi connectivity index (χ0n) is 13.3. The number of aryl methyl sites for hydroxylation is 1. The van der Waals surface area contributed by atoms with Gasteiger partial charge < -0.3 is 9.80 Å². The molecule has 2 aromatic rings. The predicted molar refractivity (Wildman–Crippen MR) is 93.4 cm³/mol. The lowest BCUT2D eigenvalue weighted by Gasteiger charge is -2.32. The molecule has 1 amide bonds. The monoisotopic (exact) mass is 374 g/mol. The summed E-state index contributed by atoms with van der Waals surface area (Å²) >= 11 is 3.37. The topological polar surface area (TPSA) is 37.6 Å². The van der Waals surface area contributed by atoms with Crippen molar-refractivity contribution in [1.82, 2.24) is 9.88 Å². The minimum atomic E-state index is 0.0775. The summed E-state index contributed by atoms with van der Waals surface area (Å²) in [5.41, 5.74) is 3.40. The lowest BCUT2D eigenvalue weighted by atomic mass is 10.1. The number of piperazine rings is 1. The molecule has 1 aromatic heterocycles. The summed E-state index contributed by atoms with van der Waals surface area (Å²) in [6.45, 7) is 6.77. The van der Waals surface area contributed by atoms with Crippen molar-refractivity contribution in [3.63, 3.8) is 0 Å². The standard InChI is InChI=1S/C18H20BrN3O/c1-14-4-2-3-5-15(14)13-21-6-8-22(9-7-21)18(23)16-10-17(19)12-20-11-16/h2-5,10-12H,6-9,13H2,1H3/p+1. The number of carbonyl (C=O) groups is 1. The van der Waals surface area contributed by atoms with Gasteiger partial charge in [0.15, 0.2) is 0 Å². The number of nitrogens with zero attached hydrogens (tertiary/aromatic N) is 2. The Balaban J connectivity index is 1.58. The number of carbonyl (C=O) groups excluding carboxylic acids is 1. The summed E-state index contributed by atoms with van der Waals surface area (Å²) in [4.78, 5) is 20.1. The third kappa shape index (κ3) is 3.98. The van der Waals surface area contributed by atoms with E-state index < -0.39 is 0 Å². The van der Waals surface area contributed by atoms with Gasteiger partial charge in [0.1, 0.15) is 6.54 Å². The molecule has 0 aliphatic carbocycles. The summed E-state index contributed by atoms with van der Waals surface area (Å²) in [6, 6.07) is 10.4. The SMILES string of the molecule is Cc1ccccc1C[NH+]1CCN(C(=O)c2cncc(Br)c2)CC1. The first-order chi connectivity index (χ1) is 11.1. The predicted octanol–water partition coefficient (Wildman–Crippen LogP) is 1.69. The highest BCUT2D eigenvalue weighted by Gasteiger charge is 2.25. The van der Waals surface area contributed by atoms with E-state index in [0.717, 1.165) is 37.2 Å². The average Bonchev–Trinajstić information content (AvgIpc) is 2.57. The molecule has 1 aliphatic heterocycles. The Bertz CT molecular complexity index is 696. The van der Waals surface area contributed by atoms with E-state index in [-0.39, 0.29) is 5.91 Å². The first-order valence-electron chi connectivity index (χ1n) is 7.91. The van der Waals surface area contributed by atoms with Gasteiger partial charge >= 0.3 is 0 Å². The van der Waals surface area contributed by atoms with Crippen LogP contribution in [-0.2, 0) is 6.54 Å². The number of quaternary nitrogens is 1. The highest BCUT2D eigenvalue weighted by atomic mass is 79.9. The minimum absolute atomic E-state index is 0.0775. The van der Waals surface area contributed by atoms with E-state index in [1.54, 1.807) is 12.4 Å². The van der Waals surface area contributed by atoms with Crippen LogP contribution in [0.25, 0.3) is 0 Å². The molecule has 23 heavy (non-hydrogen) atoms. The highest BCUT2D eigenvalue weighted by molar-refractivity contribution is 9.10. The van der Waals surface area contributed by atoms with Gasteiger partial charge in [-0.25, -0.2) is 0 Å². The lowest BCUT2D eigenvalue weighted by Crippen LogP contribution is -3.13. The van der Waals surface area contributed by atoms with Crippen LogP contribution >= 0.6 is 15.9 Å². The summed E-state index contributed by atoms with van der Waals surface area (Å²) in [6.07, 6.45) is 3.33. The average molecular weight is 375 g/mol. The van der Waals surface area contributed by atoms with Gasteiger partial charge in [-0.1, -0.05) is 24.3 Å². The number of rotatable bonds is 3. The van der Waals surface area contributed by atoms with Crippen molar-refractivity contribution in [3.8, 4) is 0 Å². The van der Waals surface area contributed by atoms with Gasteiger partial charge in [0.05, 0.1) is 31.7 Å². The number of halogens is 1. The molecule has 0 unspecified atom stereocenters. The van der Waals surface area contributed by atoms with Gasteiger partial charge in [0, 0.05) is 22.4 Å². The number of aromatic nitrogens is 1. The van der Waals surface area contributed by atoms with Crippen molar-refractivity contribution in [1.29, 1.82) is 0 Å². The summed E-state index contributed by atoms with van der Waals surface area (Å²) < 4.78 is 0.840. The lowest BCUT2D eigenvalue weighted by molar-refractivity contribution is -0.917. The first kappa shape index (κ1) is 16.1. The van der Waals surface area contributed by atoms with Crippen LogP contribution in [-0.4, -0.2) is 42.0 Å². The molecule has 0 saturated carbocycles. The van der Waals surface area contributed by atoms with Crippen LogP contribution in [0.5, 0.6) is 0 Å². The van der Waals surface area contributed by atoms with Crippen molar-refractivity contribution in [2.24, 2.45) is 0 Å². The van der Waals surface area contributed by atoms with Crippen molar-refractivity contribution in [3.05, 3.63) is 63.9 Å². The highest BCUT2D eigenvalue weighted by Crippen LogP contribution is 2.12. The van der Waals surface area contributed by atoms with E-state index in [4.69, 9.17) is 0 Å². The largest absolute Gasteiger partial charge is 0.328 e. The van der Waals surface area contributed by atoms with Crippen molar-refractivity contribution in [2.75, 3.05) is 26.2 Å². The van der Waals surface area contributed by atoms with Crippen LogP contribution in [0.3, 0.4) is 0 Å². The number of amides is 1. The zero-order chi connectivity index (χ0) is 16.2. The van der Waals surface area contributed by atoms with E-state index in [1.807, 2.05) is 11.0 Å². The molecule has 0 radical (unpaired) electrons. The number of benzene rings is 1. The summed E-state index contributed by atoms with van der Waals surface area (Å²) in [5, 5.41) is 0. The van der Waals surface area contributed by atoms with Gasteiger partial charge in [0.2, 0.25) is 0 Å². The second kappa shape index (κ2) is 7.23. The van der Waals surface area contributed by atoms with Crippen LogP contribution in [0.4, 0.5) is 0 Å². The fraction of sp³-hybridized carbons (Fsp3) is 0.333. The normalized spacial score (nSPS) is 15.7. The molecule has 2 heterocycles.